The van der Waals surface area contributed by atoms with Crippen LogP contribution in [0.1, 0.15) is 16.1 Å². The highest BCUT2D eigenvalue weighted by Crippen LogP contribution is 2.15. The third kappa shape index (κ3) is 2.89. The van der Waals surface area contributed by atoms with Crippen LogP contribution in [0.5, 0.6) is 5.75 Å². The predicted octanol–water partition coefficient (Wildman–Crippen LogP) is 1.56. The summed E-state index contributed by atoms with van der Waals surface area (Å²) in [5, 5.41) is 22.5. The summed E-state index contributed by atoms with van der Waals surface area (Å²) in [5.74, 6) is -0.635. The number of aromatic nitrogens is 1. The molecule has 7 heteroatoms. The van der Waals surface area contributed by atoms with Crippen molar-refractivity contribution in [2.24, 2.45) is 0 Å². The lowest BCUT2D eigenvalue weighted by Crippen LogP contribution is -2.23. The first kappa shape index (κ1) is 12.6. The summed E-state index contributed by atoms with van der Waals surface area (Å²) in [6, 6.07) is 9.15. The van der Waals surface area contributed by atoms with Gasteiger partial charge in [0.25, 0.3) is 5.91 Å². The highest BCUT2D eigenvalue weighted by molar-refractivity contribution is 5.92. The Morgan fingerprint density at radius 2 is 2.05 bits per heavy atom. The van der Waals surface area contributed by atoms with Gasteiger partial charge in [0, 0.05) is 18.2 Å². The van der Waals surface area contributed by atoms with Gasteiger partial charge in [0.05, 0.1) is 0 Å². The van der Waals surface area contributed by atoms with Crippen LogP contribution in [0.3, 0.4) is 0 Å². The Morgan fingerprint density at radius 3 is 2.68 bits per heavy atom. The van der Waals surface area contributed by atoms with Crippen molar-refractivity contribution < 1.29 is 14.8 Å². The zero-order valence-corrected chi connectivity index (χ0v) is 9.79. The number of aromatic amines is 1. The second-order valence-electron chi connectivity index (χ2n) is 3.83. The van der Waals surface area contributed by atoms with Gasteiger partial charge in [-0.2, -0.15) is 0 Å². The maximum absolute atomic E-state index is 11.7. The Hall–Kier alpha value is -2.83. The molecule has 2 aromatic rings. The number of amides is 1. The van der Waals surface area contributed by atoms with Gasteiger partial charge in [0.1, 0.15) is 5.75 Å². The van der Waals surface area contributed by atoms with Crippen LogP contribution >= 0.6 is 0 Å². The van der Waals surface area contributed by atoms with E-state index in [2.05, 4.69) is 10.3 Å². The molecule has 0 spiro atoms. The van der Waals surface area contributed by atoms with Gasteiger partial charge in [-0.25, -0.2) is 4.98 Å². The van der Waals surface area contributed by atoms with Crippen LogP contribution in [0.4, 0.5) is 5.82 Å². The molecule has 0 bridgehead atoms. The van der Waals surface area contributed by atoms with Crippen molar-refractivity contribution in [1.82, 2.24) is 10.3 Å². The van der Waals surface area contributed by atoms with E-state index in [-0.39, 0.29) is 23.8 Å². The highest BCUT2D eigenvalue weighted by atomic mass is 16.6. The fourth-order valence-corrected chi connectivity index (χ4v) is 1.55. The van der Waals surface area contributed by atoms with E-state index < -0.39 is 10.8 Å². The van der Waals surface area contributed by atoms with Gasteiger partial charge >= 0.3 is 5.82 Å². The van der Waals surface area contributed by atoms with Crippen molar-refractivity contribution in [2.75, 3.05) is 0 Å². The summed E-state index contributed by atoms with van der Waals surface area (Å²) in [4.78, 5) is 24.0. The first-order valence-corrected chi connectivity index (χ1v) is 5.46. The molecule has 0 aliphatic heterocycles. The summed E-state index contributed by atoms with van der Waals surface area (Å²) in [5.41, 5.74) is 0.666. The lowest BCUT2D eigenvalue weighted by Gasteiger charge is -2.04. The van der Waals surface area contributed by atoms with Crippen LogP contribution in [0.2, 0.25) is 0 Å². The molecular formula is C12H11N3O4. The van der Waals surface area contributed by atoms with E-state index in [4.69, 9.17) is 0 Å². The van der Waals surface area contributed by atoms with Crippen molar-refractivity contribution in [3.63, 3.8) is 0 Å². The molecule has 1 aromatic carbocycles. The van der Waals surface area contributed by atoms with Crippen molar-refractivity contribution in [1.29, 1.82) is 0 Å². The SMILES string of the molecule is O=C(NCc1ccccc1O)c1ccc([N+](=O)[O-])[nH]1. The number of hydrogen-bond acceptors (Lipinski definition) is 4. The summed E-state index contributed by atoms with van der Waals surface area (Å²) in [6.45, 7) is 0.137. The van der Waals surface area contributed by atoms with Crippen molar-refractivity contribution in [2.45, 2.75) is 6.54 Å². The third-order valence-corrected chi connectivity index (χ3v) is 2.54. The molecule has 0 unspecified atom stereocenters. The summed E-state index contributed by atoms with van der Waals surface area (Å²) in [7, 11) is 0. The molecule has 1 heterocycles. The summed E-state index contributed by atoms with van der Waals surface area (Å²) < 4.78 is 0. The Labute approximate surface area is 108 Å². The number of phenols is 1. The Balaban J connectivity index is 2.01. The smallest absolute Gasteiger partial charge is 0.321 e. The number of carbonyl (C=O) groups excluding carboxylic acids is 1. The molecule has 0 saturated carbocycles. The predicted molar refractivity (Wildman–Crippen MR) is 66.7 cm³/mol. The van der Waals surface area contributed by atoms with E-state index in [1.165, 1.54) is 18.2 Å². The number of carbonyl (C=O) groups is 1. The van der Waals surface area contributed by atoms with Crippen molar-refractivity contribution in [3.05, 3.63) is 57.8 Å². The minimum atomic E-state index is -0.611. The van der Waals surface area contributed by atoms with Crippen LogP contribution in [0.15, 0.2) is 36.4 Å². The summed E-state index contributed by atoms with van der Waals surface area (Å²) >= 11 is 0. The quantitative estimate of drug-likeness (QED) is 0.573. The van der Waals surface area contributed by atoms with E-state index >= 15 is 0 Å². The van der Waals surface area contributed by atoms with Crippen molar-refractivity contribution >= 4 is 11.7 Å². The topological polar surface area (TPSA) is 108 Å². The van der Waals surface area contributed by atoms with E-state index in [0.717, 1.165) is 0 Å². The molecule has 0 atom stereocenters. The first-order valence-electron chi connectivity index (χ1n) is 5.46. The second kappa shape index (κ2) is 5.21. The Bertz CT molecular complexity index is 621. The molecule has 1 aromatic heterocycles. The molecule has 3 N–H and O–H groups in total. The number of hydrogen-bond donors (Lipinski definition) is 3. The average Bonchev–Trinajstić information content (AvgIpc) is 2.87. The number of nitro groups is 1. The number of phenolic OH excluding ortho intramolecular Hbond substituents is 1. The van der Waals surface area contributed by atoms with Gasteiger partial charge in [-0.1, -0.05) is 18.2 Å². The number of H-pyrrole nitrogens is 1. The molecule has 0 aliphatic carbocycles. The van der Waals surface area contributed by atoms with Crippen LogP contribution in [-0.2, 0) is 6.54 Å². The molecule has 0 radical (unpaired) electrons. The van der Waals surface area contributed by atoms with E-state index in [1.54, 1.807) is 18.2 Å². The second-order valence-corrected chi connectivity index (χ2v) is 3.83. The lowest BCUT2D eigenvalue weighted by molar-refractivity contribution is -0.389. The van der Waals surface area contributed by atoms with Gasteiger partial charge in [0.15, 0.2) is 5.69 Å². The fraction of sp³-hybridized carbons (Fsp3) is 0.0833. The molecule has 0 saturated heterocycles. The van der Waals surface area contributed by atoms with Crippen LogP contribution in [-0.4, -0.2) is 20.9 Å². The number of benzene rings is 1. The van der Waals surface area contributed by atoms with Crippen molar-refractivity contribution in [3.8, 4) is 5.75 Å². The number of nitrogens with one attached hydrogen (secondary N) is 2. The molecule has 1 amide bonds. The zero-order chi connectivity index (χ0) is 13.8. The lowest BCUT2D eigenvalue weighted by atomic mass is 10.2. The zero-order valence-electron chi connectivity index (χ0n) is 9.79. The first-order chi connectivity index (χ1) is 9.08. The van der Waals surface area contributed by atoms with Gasteiger partial charge in [-0.3, -0.25) is 4.79 Å². The van der Waals surface area contributed by atoms with E-state index in [1.807, 2.05) is 0 Å². The number of rotatable bonds is 4. The normalized spacial score (nSPS) is 10.1. The van der Waals surface area contributed by atoms with E-state index in [9.17, 15) is 20.0 Å². The number of nitrogens with zero attached hydrogens (tertiary/aromatic N) is 1. The van der Waals surface area contributed by atoms with Crippen LogP contribution < -0.4 is 5.32 Å². The standard InChI is InChI=1S/C12H11N3O4/c16-10-4-2-1-3-8(10)7-13-12(17)9-5-6-11(14-9)15(18)19/h1-6,14,16H,7H2,(H,13,17). The average molecular weight is 261 g/mol. The fourth-order valence-electron chi connectivity index (χ4n) is 1.55. The van der Waals surface area contributed by atoms with Gasteiger partial charge in [-0.15, -0.1) is 0 Å². The molecule has 98 valence electrons. The minimum Gasteiger partial charge on any atom is -0.508 e. The number of aromatic hydroxyl groups is 1. The van der Waals surface area contributed by atoms with Gasteiger partial charge in [0.2, 0.25) is 0 Å². The largest absolute Gasteiger partial charge is 0.508 e. The molecule has 2 rings (SSSR count). The van der Waals surface area contributed by atoms with Crippen LogP contribution in [0.25, 0.3) is 0 Å². The molecule has 0 aliphatic rings. The molecule has 19 heavy (non-hydrogen) atoms. The number of para-hydroxylation sites is 1. The van der Waals surface area contributed by atoms with Crippen LogP contribution in [0, 0.1) is 10.1 Å². The molecular weight excluding hydrogens is 250 g/mol. The summed E-state index contributed by atoms with van der Waals surface area (Å²) in [6.07, 6.45) is 0. The van der Waals surface area contributed by atoms with Gasteiger partial charge in [-0.05, 0) is 17.1 Å². The molecule has 7 nitrogen and oxygen atoms in total. The molecule has 0 fully saturated rings. The monoisotopic (exact) mass is 261 g/mol. The van der Waals surface area contributed by atoms with Gasteiger partial charge < -0.3 is 20.5 Å². The third-order valence-electron chi connectivity index (χ3n) is 2.54. The maximum atomic E-state index is 11.7. The Kier molecular flexibility index (Phi) is 3.46. The van der Waals surface area contributed by atoms with E-state index in [0.29, 0.717) is 5.56 Å². The maximum Gasteiger partial charge on any atom is 0.321 e. The Morgan fingerprint density at radius 1 is 1.32 bits per heavy atom. The highest BCUT2D eigenvalue weighted by Gasteiger charge is 2.15. The minimum absolute atomic E-state index is 0.0836.